The summed E-state index contributed by atoms with van der Waals surface area (Å²) in [6, 6.07) is 0. The Labute approximate surface area is 103 Å². The SMILES string of the molecule is NOCC1CCN(C(=O)C2CCCCC2)CC1. The number of nitrogens with zero attached hydrogens (tertiary/aromatic N) is 1. The number of rotatable bonds is 3. The molecule has 1 saturated carbocycles. The summed E-state index contributed by atoms with van der Waals surface area (Å²) in [5.41, 5.74) is 0. The highest BCUT2D eigenvalue weighted by Gasteiger charge is 2.28. The number of hydrogen-bond acceptors (Lipinski definition) is 3. The minimum absolute atomic E-state index is 0.311. The van der Waals surface area contributed by atoms with Crippen LogP contribution in [0.3, 0.4) is 0 Å². The van der Waals surface area contributed by atoms with Crippen molar-refractivity contribution in [2.75, 3.05) is 19.7 Å². The molecule has 2 N–H and O–H groups in total. The largest absolute Gasteiger partial charge is 0.342 e. The van der Waals surface area contributed by atoms with E-state index >= 15 is 0 Å². The zero-order valence-corrected chi connectivity index (χ0v) is 10.6. The molecule has 2 fully saturated rings. The maximum atomic E-state index is 12.3. The van der Waals surface area contributed by atoms with E-state index in [9.17, 15) is 4.79 Å². The van der Waals surface area contributed by atoms with Crippen LogP contribution in [0.15, 0.2) is 0 Å². The van der Waals surface area contributed by atoms with Gasteiger partial charge in [-0.05, 0) is 31.6 Å². The van der Waals surface area contributed by atoms with Crippen molar-refractivity contribution in [1.82, 2.24) is 4.90 Å². The summed E-state index contributed by atoms with van der Waals surface area (Å²) in [4.78, 5) is 19.0. The summed E-state index contributed by atoms with van der Waals surface area (Å²) in [6.45, 7) is 2.41. The molecule has 0 aromatic heterocycles. The Bertz CT molecular complexity index is 244. The van der Waals surface area contributed by atoms with Gasteiger partial charge in [-0.2, -0.15) is 0 Å². The molecule has 4 nitrogen and oxygen atoms in total. The number of likely N-dealkylation sites (tertiary alicyclic amines) is 1. The van der Waals surface area contributed by atoms with Crippen molar-refractivity contribution in [3.8, 4) is 0 Å². The van der Waals surface area contributed by atoms with Gasteiger partial charge in [0.05, 0.1) is 6.61 Å². The lowest BCUT2D eigenvalue weighted by molar-refractivity contribution is -0.138. The Morgan fingerprint density at radius 2 is 1.76 bits per heavy atom. The van der Waals surface area contributed by atoms with Gasteiger partial charge in [-0.25, -0.2) is 5.90 Å². The first-order valence-electron chi connectivity index (χ1n) is 6.91. The van der Waals surface area contributed by atoms with E-state index in [1.807, 2.05) is 0 Å². The Kier molecular flexibility index (Phi) is 4.80. The van der Waals surface area contributed by atoms with Gasteiger partial charge in [0.1, 0.15) is 0 Å². The summed E-state index contributed by atoms with van der Waals surface area (Å²) in [5.74, 6) is 6.34. The molecule has 0 atom stereocenters. The lowest BCUT2D eigenvalue weighted by atomic mass is 9.87. The first-order valence-corrected chi connectivity index (χ1v) is 6.91. The van der Waals surface area contributed by atoms with Crippen molar-refractivity contribution in [2.24, 2.45) is 17.7 Å². The fourth-order valence-electron chi connectivity index (χ4n) is 3.06. The molecule has 1 amide bonds. The van der Waals surface area contributed by atoms with Crippen molar-refractivity contribution in [3.05, 3.63) is 0 Å². The Hall–Kier alpha value is -0.610. The number of piperidine rings is 1. The van der Waals surface area contributed by atoms with Gasteiger partial charge in [-0.3, -0.25) is 4.79 Å². The van der Waals surface area contributed by atoms with Gasteiger partial charge in [0, 0.05) is 19.0 Å². The van der Waals surface area contributed by atoms with E-state index in [1.165, 1.54) is 19.3 Å². The average Bonchev–Trinajstić information content (AvgIpc) is 2.40. The summed E-state index contributed by atoms with van der Waals surface area (Å²) < 4.78 is 0. The lowest BCUT2D eigenvalue weighted by Crippen LogP contribution is -2.43. The van der Waals surface area contributed by atoms with E-state index in [0.29, 0.717) is 24.3 Å². The van der Waals surface area contributed by atoms with Crippen molar-refractivity contribution in [2.45, 2.75) is 44.9 Å². The number of hydrogen-bond donors (Lipinski definition) is 1. The molecule has 0 radical (unpaired) electrons. The molecule has 1 aliphatic carbocycles. The number of amides is 1. The fraction of sp³-hybridized carbons (Fsp3) is 0.923. The van der Waals surface area contributed by atoms with Gasteiger partial charge < -0.3 is 9.74 Å². The zero-order valence-electron chi connectivity index (χ0n) is 10.6. The molecule has 1 aliphatic heterocycles. The van der Waals surface area contributed by atoms with E-state index in [-0.39, 0.29) is 0 Å². The van der Waals surface area contributed by atoms with Crippen LogP contribution in [-0.2, 0) is 9.63 Å². The first-order chi connectivity index (χ1) is 8.31. The highest BCUT2D eigenvalue weighted by atomic mass is 16.6. The van der Waals surface area contributed by atoms with Crippen LogP contribution in [0, 0.1) is 11.8 Å². The predicted octanol–water partition coefficient (Wildman–Crippen LogP) is 1.70. The monoisotopic (exact) mass is 240 g/mol. The second kappa shape index (κ2) is 6.36. The molecule has 0 spiro atoms. The molecule has 0 aromatic carbocycles. The highest BCUT2D eigenvalue weighted by Crippen LogP contribution is 2.27. The molecular formula is C13H24N2O2. The minimum atomic E-state index is 0.311. The summed E-state index contributed by atoms with van der Waals surface area (Å²) in [5, 5.41) is 0. The van der Waals surface area contributed by atoms with Gasteiger partial charge in [0.25, 0.3) is 0 Å². The van der Waals surface area contributed by atoms with E-state index in [0.717, 1.165) is 38.8 Å². The standard InChI is InChI=1S/C13H24N2O2/c14-17-10-11-6-8-15(9-7-11)13(16)12-4-2-1-3-5-12/h11-12H,1-10,14H2. The van der Waals surface area contributed by atoms with Crippen molar-refractivity contribution < 1.29 is 9.63 Å². The molecular weight excluding hydrogens is 216 g/mol. The van der Waals surface area contributed by atoms with Crippen LogP contribution in [-0.4, -0.2) is 30.5 Å². The quantitative estimate of drug-likeness (QED) is 0.764. The average molecular weight is 240 g/mol. The minimum Gasteiger partial charge on any atom is -0.342 e. The van der Waals surface area contributed by atoms with Gasteiger partial charge in [-0.15, -0.1) is 0 Å². The van der Waals surface area contributed by atoms with Crippen molar-refractivity contribution in [1.29, 1.82) is 0 Å². The Morgan fingerprint density at radius 3 is 2.35 bits per heavy atom. The number of nitrogens with two attached hydrogens (primary N) is 1. The van der Waals surface area contributed by atoms with Crippen LogP contribution in [0.25, 0.3) is 0 Å². The third kappa shape index (κ3) is 3.42. The zero-order chi connectivity index (χ0) is 12.1. The predicted molar refractivity (Wildman–Crippen MR) is 66.0 cm³/mol. The first kappa shape index (κ1) is 12.8. The third-order valence-electron chi connectivity index (χ3n) is 4.21. The van der Waals surface area contributed by atoms with Crippen molar-refractivity contribution >= 4 is 5.91 Å². The third-order valence-corrected chi connectivity index (χ3v) is 4.21. The Balaban J connectivity index is 1.77. The molecule has 0 aromatic rings. The molecule has 1 heterocycles. The summed E-state index contributed by atoms with van der Waals surface area (Å²) >= 11 is 0. The van der Waals surface area contributed by atoms with E-state index < -0.39 is 0 Å². The summed E-state index contributed by atoms with van der Waals surface area (Å²) in [7, 11) is 0. The molecule has 2 rings (SSSR count). The van der Waals surface area contributed by atoms with Crippen LogP contribution in [0.2, 0.25) is 0 Å². The fourth-order valence-corrected chi connectivity index (χ4v) is 3.06. The van der Waals surface area contributed by atoms with Crippen LogP contribution < -0.4 is 5.90 Å². The Morgan fingerprint density at radius 1 is 1.12 bits per heavy atom. The smallest absolute Gasteiger partial charge is 0.225 e. The molecule has 0 unspecified atom stereocenters. The molecule has 4 heteroatoms. The van der Waals surface area contributed by atoms with Crippen molar-refractivity contribution in [3.63, 3.8) is 0 Å². The number of carbonyl (C=O) groups is 1. The molecule has 17 heavy (non-hydrogen) atoms. The van der Waals surface area contributed by atoms with Crippen LogP contribution in [0.5, 0.6) is 0 Å². The molecule has 98 valence electrons. The second-order valence-electron chi connectivity index (χ2n) is 5.44. The van der Waals surface area contributed by atoms with Crippen LogP contribution in [0.1, 0.15) is 44.9 Å². The normalized spacial score (nSPS) is 23.9. The summed E-state index contributed by atoms with van der Waals surface area (Å²) in [6.07, 6.45) is 8.04. The van der Waals surface area contributed by atoms with Gasteiger partial charge in [0.2, 0.25) is 5.91 Å². The van der Waals surface area contributed by atoms with Gasteiger partial charge in [0.15, 0.2) is 0 Å². The maximum absolute atomic E-state index is 12.3. The molecule has 0 bridgehead atoms. The lowest BCUT2D eigenvalue weighted by Gasteiger charge is -2.34. The number of carbonyl (C=O) groups excluding carboxylic acids is 1. The molecule has 1 saturated heterocycles. The van der Waals surface area contributed by atoms with Crippen LogP contribution >= 0.6 is 0 Å². The van der Waals surface area contributed by atoms with Gasteiger partial charge >= 0.3 is 0 Å². The highest BCUT2D eigenvalue weighted by molar-refractivity contribution is 5.79. The maximum Gasteiger partial charge on any atom is 0.225 e. The van der Waals surface area contributed by atoms with Crippen LogP contribution in [0.4, 0.5) is 0 Å². The van der Waals surface area contributed by atoms with Gasteiger partial charge in [-0.1, -0.05) is 19.3 Å². The topological polar surface area (TPSA) is 55.6 Å². The van der Waals surface area contributed by atoms with E-state index in [1.54, 1.807) is 0 Å². The molecule has 2 aliphatic rings. The van der Waals surface area contributed by atoms with E-state index in [2.05, 4.69) is 9.74 Å². The second-order valence-corrected chi connectivity index (χ2v) is 5.44. The van der Waals surface area contributed by atoms with E-state index in [4.69, 9.17) is 5.90 Å².